The van der Waals surface area contributed by atoms with Crippen molar-refractivity contribution in [2.24, 2.45) is 0 Å². The molecule has 1 saturated heterocycles. The van der Waals surface area contributed by atoms with E-state index in [1.165, 1.54) is 0 Å². The average Bonchev–Trinajstić information content (AvgIpc) is 2.56. The van der Waals surface area contributed by atoms with Crippen molar-refractivity contribution in [3.05, 3.63) is 34.9 Å². The third kappa shape index (κ3) is 2.70. The summed E-state index contributed by atoms with van der Waals surface area (Å²) in [7, 11) is 0. The Morgan fingerprint density at radius 1 is 1.28 bits per heavy atom. The molecule has 4 heteroatoms. The van der Waals surface area contributed by atoms with Gasteiger partial charge in [-0.1, -0.05) is 17.7 Å². The Balaban J connectivity index is 2.19. The number of hydrogen-bond donors (Lipinski definition) is 1. The molecule has 1 aromatic rings. The molecule has 0 saturated carbocycles. The molecule has 0 aliphatic carbocycles. The predicted molar refractivity (Wildman–Crippen MR) is 69.4 cm³/mol. The van der Waals surface area contributed by atoms with E-state index in [0.717, 1.165) is 16.7 Å². The molecule has 4 nitrogen and oxygen atoms in total. The van der Waals surface area contributed by atoms with Crippen LogP contribution in [-0.4, -0.2) is 36.3 Å². The van der Waals surface area contributed by atoms with Crippen molar-refractivity contribution in [3.63, 3.8) is 0 Å². The van der Waals surface area contributed by atoms with E-state index in [2.05, 4.69) is 5.32 Å². The first-order chi connectivity index (χ1) is 8.58. The van der Waals surface area contributed by atoms with Crippen LogP contribution in [0.2, 0.25) is 0 Å². The topological polar surface area (TPSA) is 49.4 Å². The number of carbonyl (C=O) groups is 2. The third-order valence-corrected chi connectivity index (χ3v) is 3.22. The standard InChI is InChI=1S/C14H18N2O2/c1-10-3-4-11(2)12(9-10)14(18)16-7-5-13(17)15-6-8-16/h3-4,9H,5-8H2,1-2H3,(H,15,17). The first kappa shape index (κ1) is 12.6. The molecule has 1 aromatic carbocycles. The fraction of sp³-hybridized carbons (Fsp3) is 0.429. The summed E-state index contributed by atoms with van der Waals surface area (Å²) < 4.78 is 0. The summed E-state index contributed by atoms with van der Waals surface area (Å²) in [5, 5.41) is 2.77. The molecule has 0 aromatic heterocycles. The van der Waals surface area contributed by atoms with Gasteiger partial charge >= 0.3 is 0 Å². The Hall–Kier alpha value is -1.84. The molecule has 1 N–H and O–H groups in total. The molecular weight excluding hydrogens is 228 g/mol. The van der Waals surface area contributed by atoms with Gasteiger partial charge in [0.1, 0.15) is 0 Å². The van der Waals surface area contributed by atoms with Crippen molar-refractivity contribution in [3.8, 4) is 0 Å². The van der Waals surface area contributed by atoms with Crippen molar-refractivity contribution < 1.29 is 9.59 Å². The van der Waals surface area contributed by atoms with E-state index in [0.29, 0.717) is 26.1 Å². The number of nitrogens with one attached hydrogen (secondary N) is 1. The summed E-state index contributed by atoms with van der Waals surface area (Å²) in [5.74, 6) is 0.0407. The maximum Gasteiger partial charge on any atom is 0.254 e. The van der Waals surface area contributed by atoms with E-state index in [4.69, 9.17) is 0 Å². The van der Waals surface area contributed by atoms with E-state index < -0.39 is 0 Å². The summed E-state index contributed by atoms with van der Waals surface area (Å²) in [6, 6.07) is 5.88. The molecule has 1 fully saturated rings. The lowest BCUT2D eigenvalue weighted by atomic mass is 10.0. The molecule has 0 atom stereocenters. The van der Waals surface area contributed by atoms with Crippen LogP contribution in [0.25, 0.3) is 0 Å². The number of hydrogen-bond acceptors (Lipinski definition) is 2. The van der Waals surface area contributed by atoms with Gasteiger partial charge in [-0.15, -0.1) is 0 Å². The summed E-state index contributed by atoms with van der Waals surface area (Å²) in [6.07, 6.45) is 0.386. The molecule has 1 heterocycles. The van der Waals surface area contributed by atoms with Crippen LogP contribution < -0.4 is 5.32 Å². The molecule has 1 aliphatic heterocycles. The van der Waals surface area contributed by atoms with E-state index in [9.17, 15) is 9.59 Å². The summed E-state index contributed by atoms with van der Waals surface area (Å²) in [4.78, 5) is 25.4. The number of aryl methyl sites for hydroxylation is 2. The SMILES string of the molecule is Cc1ccc(C)c(C(=O)N2CCNC(=O)CC2)c1. The number of nitrogens with zero attached hydrogens (tertiary/aromatic N) is 1. The monoisotopic (exact) mass is 246 g/mol. The molecule has 2 rings (SSSR count). The highest BCUT2D eigenvalue weighted by Gasteiger charge is 2.20. The molecule has 0 bridgehead atoms. The summed E-state index contributed by atoms with van der Waals surface area (Å²) in [5.41, 5.74) is 2.80. The van der Waals surface area contributed by atoms with Crippen molar-refractivity contribution in [2.45, 2.75) is 20.3 Å². The second-order valence-electron chi connectivity index (χ2n) is 4.71. The Bertz CT molecular complexity index is 483. The van der Waals surface area contributed by atoms with Gasteiger partial charge in [-0.3, -0.25) is 9.59 Å². The van der Waals surface area contributed by atoms with Gasteiger partial charge in [0.25, 0.3) is 5.91 Å². The van der Waals surface area contributed by atoms with Gasteiger partial charge in [-0.2, -0.15) is 0 Å². The number of amides is 2. The van der Waals surface area contributed by atoms with Gasteiger partial charge in [-0.05, 0) is 25.5 Å². The van der Waals surface area contributed by atoms with Gasteiger partial charge in [0.05, 0.1) is 0 Å². The molecule has 0 radical (unpaired) electrons. The van der Waals surface area contributed by atoms with Crippen LogP contribution in [0.3, 0.4) is 0 Å². The predicted octanol–water partition coefficient (Wildman–Crippen LogP) is 1.27. The second kappa shape index (κ2) is 5.21. The Labute approximate surface area is 107 Å². The smallest absolute Gasteiger partial charge is 0.254 e. The van der Waals surface area contributed by atoms with Crippen LogP contribution in [0.1, 0.15) is 27.9 Å². The minimum absolute atomic E-state index is 0.0197. The van der Waals surface area contributed by atoms with Crippen LogP contribution in [0.5, 0.6) is 0 Å². The Morgan fingerprint density at radius 2 is 2.06 bits per heavy atom. The van der Waals surface area contributed by atoms with Crippen LogP contribution in [0.4, 0.5) is 0 Å². The first-order valence-corrected chi connectivity index (χ1v) is 6.21. The quantitative estimate of drug-likeness (QED) is 0.811. The number of rotatable bonds is 1. The fourth-order valence-electron chi connectivity index (χ4n) is 2.11. The molecule has 96 valence electrons. The van der Waals surface area contributed by atoms with Crippen molar-refractivity contribution in [2.75, 3.05) is 19.6 Å². The summed E-state index contributed by atoms with van der Waals surface area (Å²) in [6.45, 7) is 5.53. The van der Waals surface area contributed by atoms with Crippen molar-refractivity contribution in [1.29, 1.82) is 0 Å². The van der Waals surface area contributed by atoms with Crippen LogP contribution in [-0.2, 0) is 4.79 Å². The van der Waals surface area contributed by atoms with Crippen molar-refractivity contribution >= 4 is 11.8 Å². The van der Waals surface area contributed by atoms with Gasteiger partial charge in [0.2, 0.25) is 5.91 Å². The van der Waals surface area contributed by atoms with Gasteiger partial charge in [0.15, 0.2) is 0 Å². The van der Waals surface area contributed by atoms with E-state index in [1.807, 2.05) is 32.0 Å². The zero-order valence-corrected chi connectivity index (χ0v) is 10.8. The van der Waals surface area contributed by atoms with Crippen molar-refractivity contribution in [1.82, 2.24) is 10.2 Å². The maximum absolute atomic E-state index is 12.4. The fourth-order valence-corrected chi connectivity index (χ4v) is 2.11. The van der Waals surface area contributed by atoms with E-state index in [-0.39, 0.29) is 11.8 Å². The molecule has 0 spiro atoms. The van der Waals surface area contributed by atoms with Gasteiger partial charge in [-0.25, -0.2) is 0 Å². The zero-order chi connectivity index (χ0) is 13.1. The Kier molecular flexibility index (Phi) is 3.65. The second-order valence-corrected chi connectivity index (χ2v) is 4.71. The minimum Gasteiger partial charge on any atom is -0.354 e. The molecule has 2 amide bonds. The normalized spacial score (nSPS) is 16.1. The van der Waals surface area contributed by atoms with Crippen LogP contribution >= 0.6 is 0 Å². The largest absolute Gasteiger partial charge is 0.354 e. The molecular formula is C14H18N2O2. The minimum atomic E-state index is 0.0197. The molecule has 1 aliphatic rings. The highest BCUT2D eigenvalue weighted by Crippen LogP contribution is 2.14. The highest BCUT2D eigenvalue weighted by atomic mass is 16.2. The maximum atomic E-state index is 12.4. The van der Waals surface area contributed by atoms with E-state index in [1.54, 1.807) is 4.90 Å². The molecule has 0 unspecified atom stereocenters. The Morgan fingerprint density at radius 3 is 2.83 bits per heavy atom. The average molecular weight is 246 g/mol. The zero-order valence-electron chi connectivity index (χ0n) is 10.8. The molecule has 18 heavy (non-hydrogen) atoms. The lowest BCUT2D eigenvalue weighted by molar-refractivity contribution is -0.120. The van der Waals surface area contributed by atoms with Gasteiger partial charge in [0, 0.05) is 31.6 Å². The first-order valence-electron chi connectivity index (χ1n) is 6.21. The van der Waals surface area contributed by atoms with Gasteiger partial charge < -0.3 is 10.2 Å². The number of carbonyl (C=O) groups excluding carboxylic acids is 2. The lowest BCUT2D eigenvalue weighted by Crippen LogP contribution is -2.34. The van der Waals surface area contributed by atoms with Crippen LogP contribution in [0.15, 0.2) is 18.2 Å². The number of benzene rings is 1. The third-order valence-electron chi connectivity index (χ3n) is 3.22. The van der Waals surface area contributed by atoms with E-state index >= 15 is 0 Å². The summed E-state index contributed by atoms with van der Waals surface area (Å²) >= 11 is 0. The highest BCUT2D eigenvalue weighted by molar-refractivity contribution is 5.96. The van der Waals surface area contributed by atoms with Crippen LogP contribution in [0, 0.1) is 13.8 Å². The lowest BCUT2D eigenvalue weighted by Gasteiger charge is -2.20.